The summed E-state index contributed by atoms with van der Waals surface area (Å²) in [6.45, 7) is 4.48. The third-order valence-electron chi connectivity index (χ3n) is 5.86. The van der Waals surface area contributed by atoms with E-state index in [0.717, 1.165) is 39.7 Å². The van der Waals surface area contributed by atoms with Crippen molar-refractivity contribution in [2.45, 2.75) is 26.3 Å². The van der Waals surface area contributed by atoms with Gasteiger partial charge in [-0.15, -0.1) is 0 Å². The molecule has 1 aliphatic rings. The lowest BCUT2D eigenvalue weighted by molar-refractivity contribution is 0.409. The Kier molecular flexibility index (Phi) is 4.15. The molecule has 1 atom stereocenters. The predicted molar refractivity (Wildman–Crippen MR) is 116 cm³/mol. The molecule has 0 bridgehead atoms. The Balaban J connectivity index is 1.76. The molecule has 1 aliphatic heterocycles. The SMILES string of the molecule is Cc1ccc(-n2c(O)c([C@@H]3NCCc4c3[nH]c3ccccc43)c(=O)[nH]c2=O)c(C)c1. The molecule has 0 saturated carbocycles. The van der Waals surface area contributed by atoms with Gasteiger partial charge in [-0.3, -0.25) is 9.78 Å². The molecule has 0 amide bonds. The molecule has 30 heavy (non-hydrogen) atoms. The fraction of sp³-hybridized carbons (Fsp3) is 0.217. The van der Waals surface area contributed by atoms with E-state index in [0.29, 0.717) is 12.2 Å². The van der Waals surface area contributed by atoms with E-state index in [-0.39, 0.29) is 11.4 Å². The van der Waals surface area contributed by atoms with Crippen LogP contribution in [-0.4, -0.2) is 26.2 Å². The van der Waals surface area contributed by atoms with Crippen molar-refractivity contribution in [2.75, 3.05) is 6.54 Å². The molecule has 7 nitrogen and oxygen atoms in total. The van der Waals surface area contributed by atoms with E-state index in [1.54, 1.807) is 6.07 Å². The molecule has 0 spiro atoms. The first kappa shape index (κ1) is 18.4. The highest BCUT2D eigenvalue weighted by molar-refractivity contribution is 5.85. The Morgan fingerprint density at radius 3 is 2.67 bits per heavy atom. The number of H-pyrrole nitrogens is 2. The molecular weight excluding hydrogens is 380 g/mol. The largest absolute Gasteiger partial charge is 0.494 e. The lowest BCUT2D eigenvalue weighted by atomic mass is 9.95. The number of aryl methyl sites for hydroxylation is 2. The Hall–Kier alpha value is -3.58. The molecule has 5 rings (SSSR count). The minimum absolute atomic E-state index is 0.127. The van der Waals surface area contributed by atoms with Gasteiger partial charge < -0.3 is 15.4 Å². The molecule has 4 aromatic rings. The number of fused-ring (bicyclic) bond motifs is 3. The molecule has 0 saturated heterocycles. The van der Waals surface area contributed by atoms with Crippen LogP contribution in [0.2, 0.25) is 0 Å². The van der Waals surface area contributed by atoms with Crippen LogP contribution in [0.1, 0.15) is 34.0 Å². The third kappa shape index (κ3) is 2.70. The number of hydrogen-bond acceptors (Lipinski definition) is 4. The zero-order chi connectivity index (χ0) is 21.0. The Morgan fingerprint density at radius 1 is 1.07 bits per heavy atom. The van der Waals surface area contributed by atoms with Crippen LogP contribution >= 0.6 is 0 Å². The summed E-state index contributed by atoms with van der Waals surface area (Å²) in [6.07, 6.45) is 0.811. The number of nitrogens with one attached hydrogen (secondary N) is 3. The van der Waals surface area contributed by atoms with Crippen molar-refractivity contribution in [3.63, 3.8) is 0 Å². The van der Waals surface area contributed by atoms with Gasteiger partial charge in [0.1, 0.15) is 5.56 Å². The summed E-state index contributed by atoms with van der Waals surface area (Å²) in [5.74, 6) is -0.347. The molecule has 7 heteroatoms. The van der Waals surface area contributed by atoms with Crippen LogP contribution in [0.15, 0.2) is 52.1 Å². The molecule has 2 aromatic carbocycles. The molecule has 0 radical (unpaired) electrons. The fourth-order valence-corrected chi connectivity index (χ4v) is 4.51. The molecule has 0 unspecified atom stereocenters. The summed E-state index contributed by atoms with van der Waals surface area (Å²) in [6, 6.07) is 13.0. The van der Waals surface area contributed by atoms with Crippen molar-refractivity contribution in [3.8, 4) is 11.6 Å². The zero-order valence-electron chi connectivity index (χ0n) is 16.7. The maximum absolute atomic E-state index is 12.8. The van der Waals surface area contributed by atoms with Gasteiger partial charge in [-0.1, -0.05) is 35.9 Å². The summed E-state index contributed by atoms with van der Waals surface area (Å²) in [4.78, 5) is 31.3. The zero-order valence-corrected chi connectivity index (χ0v) is 16.7. The minimum atomic E-state index is -0.666. The van der Waals surface area contributed by atoms with Crippen molar-refractivity contribution >= 4 is 10.9 Å². The number of aromatic nitrogens is 3. The first-order valence-electron chi connectivity index (χ1n) is 9.94. The van der Waals surface area contributed by atoms with Crippen LogP contribution in [0, 0.1) is 13.8 Å². The topological polar surface area (TPSA) is 103 Å². The van der Waals surface area contributed by atoms with Crippen LogP contribution in [0.3, 0.4) is 0 Å². The van der Waals surface area contributed by atoms with Crippen molar-refractivity contribution in [2.24, 2.45) is 0 Å². The van der Waals surface area contributed by atoms with Crippen molar-refractivity contribution in [3.05, 3.63) is 91.3 Å². The van der Waals surface area contributed by atoms with Crippen LogP contribution in [0.25, 0.3) is 16.6 Å². The number of benzene rings is 2. The maximum atomic E-state index is 12.8. The van der Waals surface area contributed by atoms with Gasteiger partial charge in [-0.25, -0.2) is 9.36 Å². The first-order valence-corrected chi connectivity index (χ1v) is 9.94. The second-order valence-electron chi connectivity index (χ2n) is 7.82. The average Bonchev–Trinajstić information content (AvgIpc) is 3.09. The van der Waals surface area contributed by atoms with Gasteiger partial charge in [0.15, 0.2) is 0 Å². The standard InChI is InChI=1S/C23H22N4O3/c1-12-7-8-17(13(2)11-12)27-22(29)18(21(28)26-23(27)30)20-19-15(9-10-24-20)14-5-3-4-6-16(14)25-19/h3-8,11,20,24-25,29H,9-10H2,1-2H3,(H,26,28,30)/t20-/m0/s1. The average molecular weight is 402 g/mol. The predicted octanol–water partition coefficient (Wildman–Crippen LogP) is 2.56. The summed E-state index contributed by atoms with van der Waals surface area (Å²) in [5, 5.41) is 15.6. The third-order valence-corrected chi connectivity index (χ3v) is 5.86. The first-order chi connectivity index (χ1) is 14.5. The van der Waals surface area contributed by atoms with E-state index >= 15 is 0 Å². The molecular formula is C23H22N4O3. The summed E-state index contributed by atoms with van der Waals surface area (Å²) in [7, 11) is 0. The Morgan fingerprint density at radius 2 is 1.87 bits per heavy atom. The lowest BCUT2D eigenvalue weighted by Gasteiger charge is -2.25. The van der Waals surface area contributed by atoms with Crippen LogP contribution in [-0.2, 0) is 6.42 Å². The van der Waals surface area contributed by atoms with Gasteiger partial charge in [-0.05, 0) is 43.5 Å². The van der Waals surface area contributed by atoms with Crippen molar-refractivity contribution in [1.29, 1.82) is 0 Å². The highest BCUT2D eigenvalue weighted by atomic mass is 16.3. The summed E-state index contributed by atoms with van der Waals surface area (Å²) in [5.41, 5.74) is 4.22. The molecule has 152 valence electrons. The summed E-state index contributed by atoms with van der Waals surface area (Å²) < 4.78 is 1.17. The highest BCUT2D eigenvalue weighted by Gasteiger charge is 2.31. The van der Waals surface area contributed by atoms with E-state index in [2.05, 4.69) is 15.3 Å². The number of aromatic hydroxyl groups is 1. The van der Waals surface area contributed by atoms with Crippen LogP contribution in [0.4, 0.5) is 0 Å². The van der Waals surface area contributed by atoms with E-state index in [9.17, 15) is 14.7 Å². The second kappa shape index (κ2) is 6.74. The smallest absolute Gasteiger partial charge is 0.335 e. The van der Waals surface area contributed by atoms with Crippen LogP contribution < -0.4 is 16.6 Å². The number of aromatic amines is 2. The van der Waals surface area contributed by atoms with E-state index in [1.807, 2.05) is 50.2 Å². The number of para-hydroxylation sites is 1. The van der Waals surface area contributed by atoms with E-state index < -0.39 is 17.3 Å². The molecule has 0 fully saturated rings. The van der Waals surface area contributed by atoms with Gasteiger partial charge >= 0.3 is 5.69 Å². The van der Waals surface area contributed by atoms with Crippen LogP contribution in [0.5, 0.6) is 5.88 Å². The molecule has 2 aromatic heterocycles. The minimum Gasteiger partial charge on any atom is -0.494 e. The fourth-order valence-electron chi connectivity index (χ4n) is 4.51. The molecule has 4 N–H and O–H groups in total. The molecule has 3 heterocycles. The van der Waals surface area contributed by atoms with Gasteiger partial charge in [0.2, 0.25) is 5.88 Å². The summed E-state index contributed by atoms with van der Waals surface area (Å²) >= 11 is 0. The Labute approximate surface area is 172 Å². The second-order valence-corrected chi connectivity index (χ2v) is 7.82. The number of nitrogens with zero attached hydrogens (tertiary/aromatic N) is 1. The quantitative estimate of drug-likeness (QED) is 0.414. The Bertz CT molecular complexity index is 1410. The highest BCUT2D eigenvalue weighted by Crippen LogP contribution is 2.35. The lowest BCUT2D eigenvalue weighted by Crippen LogP contribution is -2.38. The van der Waals surface area contributed by atoms with E-state index in [4.69, 9.17) is 0 Å². The maximum Gasteiger partial charge on any atom is 0.335 e. The van der Waals surface area contributed by atoms with Gasteiger partial charge in [-0.2, -0.15) is 0 Å². The van der Waals surface area contributed by atoms with Crippen molar-refractivity contribution < 1.29 is 5.11 Å². The van der Waals surface area contributed by atoms with Gasteiger partial charge in [0, 0.05) is 23.1 Å². The van der Waals surface area contributed by atoms with Gasteiger partial charge in [0.05, 0.1) is 11.7 Å². The normalized spacial score (nSPS) is 16.0. The number of hydrogen-bond donors (Lipinski definition) is 4. The van der Waals surface area contributed by atoms with Gasteiger partial charge in [0.25, 0.3) is 5.56 Å². The monoisotopic (exact) mass is 402 g/mol. The number of rotatable bonds is 2. The molecule has 0 aliphatic carbocycles. The van der Waals surface area contributed by atoms with Crippen molar-refractivity contribution in [1.82, 2.24) is 19.9 Å². The van der Waals surface area contributed by atoms with E-state index in [1.165, 1.54) is 4.57 Å².